The zero-order chi connectivity index (χ0) is 17.8. The molecule has 0 fully saturated rings. The van der Waals surface area contributed by atoms with Gasteiger partial charge in [-0.1, -0.05) is 11.2 Å². The van der Waals surface area contributed by atoms with Crippen molar-refractivity contribution in [2.45, 2.75) is 39.7 Å². The minimum absolute atomic E-state index is 0.132. The molecule has 3 rings (SSSR count). The van der Waals surface area contributed by atoms with E-state index in [0.717, 1.165) is 41.3 Å². The van der Waals surface area contributed by atoms with Crippen molar-refractivity contribution in [3.05, 3.63) is 40.8 Å². The van der Waals surface area contributed by atoms with Crippen molar-refractivity contribution >= 4 is 5.91 Å². The standard InChI is InChI=1S/C19H24N2O4/c1-4-24-16-7-5-14(11-17(16)23-3)6-8-19(22)21-10-9-15-13(2)20-25-18(15)12-21/h5,7,11H,4,6,8-10,12H2,1-3H3. The highest BCUT2D eigenvalue weighted by molar-refractivity contribution is 5.76. The van der Waals surface area contributed by atoms with E-state index in [0.29, 0.717) is 31.7 Å². The van der Waals surface area contributed by atoms with Crippen LogP contribution >= 0.6 is 0 Å². The molecule has 0 saturated heterocycles. The maximum Gasteiger partial charge on any atom is 0.223 e. The van der Waals surface area contributed by atoms with Crippen LogP contribution in [0.15, 0.2) is 22.7 Å². The predicted octanol–water partition coefficient (Wildman–Crippen LogP) is 2.91. The molecule has 1 aromatic heterocycles. The summed E-state index contributed by atoms with van der Waals surface area (Å²) in [5, 5.41) is 3.99. The number of fused-ring (bicyclic) bond motifs is 1. The van der Waals surface area contributed by atoms with Gasteiger partial charge < -0.3 is 18.9 Å². The van der Waals surface area contributed by atoms with Gasteiger partial charge in [0.05, 0.1) is 26.0 Å². The lowest BCUT2D eigenvalue weighted by Gasteiger charge is -2.25. The maximum absolute atomic E-state index is 12.5. The van der Waals surface area contributed by atoms with Gasteiger partial charge in [-0.05, 0) is 44.4 Å². The average molecular weight is 344 g/mol. The SMILES string of the molecule is CCOc1ccc(CCC(=O)N2CCc3c(C)noc3C2)cc1OC. The third kappa shape index (κ3) is 3.78. The zero-order valence-electron chi connectivity index (χ0n) is 15.0. The Bertz CT molecular complexity index is 754. The minimum Gasteiger partial charge on any atom is -0.493 e. The molecule has 0 atom stereocenters. The number of aryl methyl sites for hydroxylation is 2. The first-order chi connectivity index (χ1) is 12.1. The quantitative estimate of drug-likeness (QED) is 0.806. The molecule has 1 aliphatic rings. The van der Waals surface area contributed by atoms with E-state index in [-0.39, 0.29) is 5.91 Å². The summed E-state index contributed by atoms with van der Waals surface area (Å²) in [6, 6.07) is 5.81. The molecule has 6 nitrogen and oxygen atoms in total. The highest BCUT2D eigenvalue weighted by atomic mass is 16.5. The van der Waals surface area contributed by atoms with Gasteiger partial charge in [0.1, 0.15) is 0 Å². The molecule has 2 heterocycles. The number of ether oxygens (including phenoxy) is 2. The van der Waals surface area contributed by atoms with Gasteiger partial charge in [0, 0.05) is 18.5 Å². The molecule has 134 valence electrons. The second kappa shape index (κ2) is 7.59. The van der Waals surface area contributed by atoms with E-state index in [1.54, 1.807) is 7.11 Å². The van der Waals surface area contributed by atoms with Gasteiger partial charge in [-0.2, -0.15) is 0 Å². The van der Waals surface area contributed by atoms with Crippen molar-refractivity contribution in [2.24, 2.45) is 0 Å². The van der Waals surface area contributed by atoms with Crippen molar-refractivity contribution in [1.29, 1.82) is 0 Å². The largest absolute Gasteiger partial charge is 0.493 e. The van der Waals surface area contributed by atoms with Crippen molar-refractivity contribution in [3.63, 3.8) is 0 Å². The maximum atomic E-state index is 12.5. The zero-order valence-corrected chi connectivity index (χ0v) is 15.0. The van der Waals surface area contributed by atoms with Gasteiger partial charge in [0.25, 0.3) is 0 Å². The summed E-state index contributed by atoms with van der Waals surface area (Å²) in [5.74, 6) is 2.38. The minimum atomic E-state index is 0.132. The Balaban J connectivity index is 1.59. The fraction of sp³-hybridized carbons (Fsp3) is 0.474. The Morgan fingerprint density at radius 3 is 2.96 bits per heavy atom. The number of carbonyl (C=O) groups excluding carboxylic acids is 1. The molecule has 25 heavy (non-hydrogen) atoms. The Morgan fingerprint density at radius 1 is 1.36 bits per heavy atom. The fourth-order valence-corrected chi connectivity index (χ4v) is 3.14. The van der Waals surface area contributed by atoms with Crippen LogP contribution in [0, 0.1) is 6.92 Å². The monoisotopic (exact) mass is 344 g/mol. The normalized spacial score (nSPS) is 13.5. The van der Waals surface area contributed by atoms with Crippen LogP contribution in [0.5, 0.6) is 11.5 Å². The van der Waals surface area contributed by atoms with Crippen LogP contribution < -0.4 is 9.47 Å². The first-order valence-electron chi connectivity index (χ1n) is 8.64. The summed E-state index contributed by atoms with van der Waals surface area (Å²) < 4.78 is 16.2. The van der Waals surface area contributed by atoms with E-state index in [1.165, 1.54) is 0 Å². The lowest BCUT2D eigenvalue weighted by Crippen LogP contribution is -2.35. The number of methoxy groups -OCH3 is 1. The molecule has 2 aromatic rings. The van der Waals surface area contributed by atoms with Crippen molar-refractivity contribution in [3.8, 4) is 11.5 Å². The summed E-state index contributed by atoms with van der Waals surface area (Å²) >= 11 is 0. The molecular weight excluding hydrogens is 320 g/mol. The number of amides is 1. The third-order valence-corrected chi connectivity index (χ3v) is 4.54. The summed E-state index contributed by atoms with van der Waals surface area (Å²) in [6.07, 6.45) is 1.94. The van der Waals surface area contributed by atoms with E-state index >= 15 is 0 Å². The molecular formula is C19H24N2O4. The van der Waals surface area contributed by atoms with Crippen LogP contribution in [0.2, 0.25) is 0 Å². The molecule has 6 heteroatoms. The van der Waals surface area contributed by atoms with Gasteiger partial charge in [-0.25, -0.2) is 0 Å². The van der Waals surface area contributed by atoms with Crippen molar-refractivity contribution in [2.75, 3.05) is 20.3 Å². The number of benzene rings is 1. The molecule has 0 aliphatic carbocycles. The van der Waals surface area contributed by atoms with Crippen LogP contribution in [0.1, 0.15) is 35.9 Å². The molecule has 0 bridgehead atoms. The Morgan fingerprint density at radius 2 is 2.20 bits per heavy atom. The first kappa shape index (κ1) is 17.3. The smallest absolute Gasteiger partial charge is 0.223 e. The molecule has 0 saturated carbocycles. The van der Waals surface area contributed by atoms with Gasteiger partial charge in [-0.3, -0.25) is 4.79 Å². The summed E-state index contributed by atoms with van der Waals surface area (Å²) in [5.41, 5.74) is 3.14. The van der Waals surface area contributed by atoms with Crippen molar-refractivity contribution < 1.29 is 18.8 Å². The van der Waals surface area contributed by atoms with E-state index < -0.39 is 0 Å². The van der Waals surface area contributed by atoms with E-state index in [1.807, 2.05) is 36.9 Å². The van der Waals surface area contributed by atoms with Crippen LogP contribution in [0.3, 0.4) is 0 Å². The summed E-state index contributed by atoms with van der Waals surface area (Å²) in [4.78, 5) is 14.4. The van der Waals surface area contributed by atoms with Crippen LogP contribution in [0.25, 0.3) is 0 Å². The summed E-state index contributed by atoms with van der Waals surface area (Å²) in [7, 11) is 1.62. The molecule has 0 spiro atoms. The van der Waals surface area contributed by atoms with Crippen LogP contribution in [-0.4, -0.2) is 36.2 Å². The summed E-state index contributed by atoms with van der Waals surface area (Å²) in [6.45, 7) is 5.71. The second-order valence-corrected chi connectivity index (χ2v) is 6.15. The highest BCUT2D eigenvalue weighted by Crippen LogP contribution is 2.29. The molecule has 0 unspecified atom stereocenters. The number of carbonyl (C=O) groups is 1. The molecule has 1 aliphatic heterocycles. The number of nitrogens with zero attached hydrogens (tertiary/aromatic N) is 2. The van der Waals surface area contributed by atoms with Gasteiger partial charge in [-0.15, -0.1) is 0 Å². The number of hydrogen-bond donors (Lipinski definition) is 0. The number of rotatable bonds is 6. The Kier molecular flexibility index (Phi) is 5.26. The van der Waals surface area contributed by atoms with Crippen molar-refractivity contribution in [1.82, 2.24) is 10.1 Å². The molecule has 1 aromatic carbocycles. The number of hydrogen-bond acceptors (Lipinski definition) is 5. The topological polar surface area (TPSA) is 64.8 Å². The van der Waals surface area contributed by atoms with Gasteiger partial charge in [0.2, 0.25) is 5.91 Å². The molecule has 0 N–H and O–H groups in total. The lowest BCUT2D eigenvalue weighted by molar-refractivity contribution is -0.132. The molecule has 1 amide bonds. The average Bonchev–Trinajstić information content (AvgIpc) is 3.01. The molecule has 0 radical (unpaired) electrons. The lowest BCUT2D eigenvalue weighted by atomic mass is 10.0. The van der Waals surface area contributed by atoms with E-state index in [2.05, 4.69) is 5.16 Å². The second-order valence-electron chi connectivity index (χ2n) is 6.15. The van der Waals surface area contributed by atoms with Crippen LogP contribution in [-0.2, 0) is 24.2 Å². The Labute approximate surface area is 147 Å². The fourth-order valence-electron chi connectivity index (χ4n) is 3.14. The Hall–Kier alpha value is -2.50. The van der Waals surface area contributed by atoms with Crippen LogP contribution in [0.4, 0.5) is 0 Å². The van der Waals surface area contributed by atoms with E-state index in [4.69, 9.17) is 14.0 Å². The highest BCUT2D eigenvalue weighted by Gasteiger charge is 2.25. The van der Waals surface area contributed by atoms with E-state index in [9.17, 15) is 4.79 Å². The number of aromatic nitrogens is 1. The first-order valence-corrected chi connectivity index (χ1v) is 8.64. The van der Waals surface area contributed by atoms with Gasteiger partial charge >= 0.3 is 0 Å². The predicted molar refractivity (Wildman–Crippen MR) is 92.8 cm³/mol. The van der Waals surface area contributed by atoms with Gasteiger partial charge in [0.15, 0.2) is 17.3 Å². The third-order valence-electron chi connectivity index (χ3n) is 4.54.